The average Bonchev–Trinajstić information content (AvgIpc) is 2.14. The zero-order valence-electron chi connectivity index (χ0n) is 11.8. The van der Waals surface area contributed by atoms with Crippen LogP contribution in [-0.2, 0) is 0 Å². The number of halogens is 2. The van der Waals surface area contributed by atoms with Gasteiger partial charge in [0, 0.05) is 0 Å². The van der Waals surface area contributed by atoms with Crippen molar-refractivity contribution in [2.75, 3.05) is 6.16 Å². The molecule has 0 aliphatic heterocycles. The van der Waals surface area contributed by atoms with Crippen molar-refractivity contribution in [2.24, 2.45) is 5.92 Å². The first-order chi connectivity index (χ1) is 8.04. The molecule has 1 nitrogen and oxygen atoms in total. The second kappa shape index (κ2) is 4.77. The van der Waals surface area contributed by atoms with Crippen LogP contribution in [0.3, 0.4) is 0 Å². The van der Waals surface area contributed by atoms with Gasteiger partial charge in [-0.05, 0) is 0 Å². The standard InChI is InChI=1S/C14H23F2OP/c1-12(2)11-18(15,16,14(3,4)5)17-13-9-7-6-8-10-13/h6-10,12H,11H2,1-5H3. The van der Waals surface area contributed by atoms with E-state index in [1.807, 2.05) is 0 Å². The zero-order chi connectivity index (χ0) is 14.1. The molecule has 4 heteroatoms. The van der Waals surface area contributed by atoms with Crippen LogP contribution in [0.15, 0.2) is 30.3 Å². The van der Waals surface area contributed by atoms with Crippen LogP contribution < -0.4 is 4.52 Å². The Morgan fingerprint density at radius 1 is 1.11 bits per heavy atom. The van der Waals surface area contributed by atoms with E-state index in [4.69, 9.17) is 4.52 Å². The first-order valence-electron chi connectivity index (χ1n) is 6.24. The van der Waals surface area contributed by atoms with E-state index in [0.29, 0.717) is 0 Å². The van der Waals surface area contributed by atoms with Gasteiger partial charge in [-0.25, -0.2) is 0 Å². The fraction of sp³-hybridized carbons (Fsp3) is 0.571. The van der Waals surface area contributed by atoms with Gasteiger partial charge in [0.1, 0.15) is 0 Å². The van der Waals surface area contributed by atoms with Crippen molar-refractivity contribution in [1.82, 2.24) is 0 Å². The molecule has 1 aromatic rings. The molecule has 1 aromatic carbocycles. The summed E-state index contributed by atoms with van der Waals surface area (Å²) in [6, 6.07) is 8.39. The van der Waals surface area contributed by atoms with Crippen LogP contribution in [0.5, 0.6) is 5.75 Å². The molecule has 0 aliphatic rings. The fourth-order valence-corrected chi connectivity index (χ4v) is 4.39. The van der Waals surface area contributed by atoms with Crippen LogP contribution in [0, 0.1) is 5.92 Å². The molecule has 1 rings (SSSR count). The Morgan fingerprint density at radius 2 is 1.61 bits per heavy atom. The van der Waals surface area contributed by atoms with E-state index in [1.165, 1.54) is 0 Å². The van der Waals surface area contributed by atoms with Crippen LogP contribution >= 0.6 is 7.45 Å². The van der Waals surface area contributed by atoms with E-state index in [1.54, 1.807) is 65.0 Å². The summed E-state index contributed by atoms with van der Waals surface area (Å²) < 4.78 is 35.6. The van der Waals surface area contributed by atoms with Gasteiger partial charge >= 0.3 is 108 Å². The Labute approximate surface area is 109 Å². The van der Waals surface area contributed by atoms with Gasteiger partial charge in [-0.15, -0.1) is 0 Å². The first kappa shape index (κ1) is 15.4. The molecule has 0 amide bonds. The molecule has 0 unspecified atom stereocenters. The number of hydrogen-bond donors (Lipinski definition) is 0. The molecule has 0 N–H and O–H groups in total. The molecule has 0 spiro atoms. The normalized spacial score (nSPS) is 15.2. The molecule has 0 fully saturated rings. The summed E-state index contributed by atoms with van der Waals surface area (Å²) in [5.41, 5.74) is 0. The van der Waals surface area contributed by atoms with Gasteiger partial charge in [0.05, 0.1) is 0 Å². The molecule has 0 bridgehead atoms. The summed E-state index contributed by atoms with van der Waals surface area (Å²) in [7, 11) is -5.24. The van der Waals surface area contributed by atoms with Gasteiger partial charge in [0.15, 0.2) is 0 Å². The first-order valence-corrected chi connectivity index (χ1v) is 8.36. The van der Waals surface area contributed by atoms with Crippen molar-refractivity contribution >= 4 is 7.45 Å². The topological polar surface area (TPSA) is 9.23 Å². The van der Waals surface area contributed by atoms with E-state index in [0.717, 1.165) is 0 Å². The van der Waals surface area contributed by atoms with Crippen molar-refractivity contribution in [3.8, 4) is 5.75 Å². The Morgan fingerprint density at radius 3 is 2.00 bits per heavy atom. The van der Waals surface area contributed by atoms with Crippen molar-refractivity contribution < 1.29 is 12.9 Å². The summed E-state index contributed by atoms with van der Waals surface area (Å²) in [5.74, 6) is 0.163. The molecule has 0 atom stereocenters. The number of rotatable bonds is 4. The summed E-state index contributed by atoms with van der Waals surface area (Å²) in [4.78, 5) is 0. The molecular weight excluding hydrogens is 253 g/mol. The quantitative estimate of drug-likeness (QED) is 0.635. The predicted molar refractivity (Wildman–Crippen MR) is 75.7 cm³/mol. The summed E-state index contributed by atoms with van der Waals surface area (Å²) in [6.45, 7) is 8.31. The summed E-state index contributed by atoms with van der Waals surface area (Å²) in [5, 5.41) is -1.15. The number of hydrogen-bond acceptors (Lipinski definition) is 1. The van der Waals surface area contributed by atoms with Crippen LogP contribution in [-0.4, -0.2) is 11.3 Å². The molecule has 0 heterocycles. The van der Waals surface area contributed by atoms with Crippen LogP contribution in [0.4, 0.5) is 8.39 Å². The van der Waals surface area contributed by atoms with E-state index < -0.39 is 12.6 Å². The van der Waals surface area contributed by atoms with Gasteiger partial charge in [0.2, 0.25) is 0 Å². The minimum atomic E-state index is -5.24. The molecule has 0 aromatic heterocycles. The van der Waals surface area contributed by atoms with Gasteiger partial charge in [0.25, 0.3) is 0 Å². The number of para-hydroxylation sites is 1. The predicted octanol–water partition coefficient (Wildman–Crippen LogP) is 5.76. The van der Waals surface area contributed by atoms with Crippen LogP contribution in [0.1, 0.15) is 34.6 Å². The molecule has 18 heavy (non-hydrogen) atoms. The SMILES string of the molecule is CC(C)CP(F)(F)(Oc1ccccc1)C(C)(C)C. The maximum atomic E-state index is 15.2. The van der Waals surface area contributed by atoms with Crippen LogP contribution in [0.25, 0.3) is 0 Å². The average molecular weight is 276 g/mol. The molecule has 0 radical (unpaired) electrons. The monoisotopic (exact) mass is 276 g/mol. The zero-order valence-corrected chi connectivity index (χ0v) is 12.7. The van der Waals surface area contributed by atoms with Gasteiger partial charge in [-0.2, -0.15) is 0 Å². The van der Waals surface area contributed by atoms with E-state index in [2.05, 4.69) is 0 Å². The maximum absolute atomic E-state index is 15.2. The Hall–Kier alpha value is -0.690. The third kappa shape index (κ3) is 3.20. The van der Waals surface area contributed by atoms with Crippen molar-refractivity contribution in [2.45, 2.75) is 39.8 Å². The molecular formula is C14H23F2OP. The van der Waals surface area contributed by atoms with Gasteiger partial charge in [-0.3, -0.25) is 0 Å². The second-order valence-corrected chi connectivity index (χ2v) is 10.0. The summed E-state index contributed by atoms with van der Waals surface area (Å²) in [6.07, 6.45) is -0.177. The van der Waals surface area contributed by atoms with E-state index in [9.17, 15) is 0 Å². The van der Waals surface area contributed by atoms with Crippen molar-refractivity contribution in [3.63, 3.8) is 0 Å². The Kier molecular flexibility index (Phi) is 4.07. The molecule has 0 saturated heterocycles. The van der Waals surface area contributed by atoms with Gasteiger partial charge in [-0.1, -0.05) is 0 Å². The fourth-order valence-electron chi connectivity index (χ4n) is 1.74. The number of benzene rings is 1. The van der Waals surface area contributed by atoms with Gasteiger partial charge < -0.3 is 0 Å². The van der Waals surface area contributed by atoms with E-state index >= 15 is 8.39 Å². The molecule has 104 valence electrons. The second-order valence-electron chi connectivity index (χ2n) is 6.14. The molecule has 0 aliphatic carbocycles. The third-order valence-electron chi connectivity index (χ3n) is 2.95. The minimum absolute atomic E-state index is 0.0967. The Bertz CT molecular complexity index is 396. The van der Waals surface area contributed by atoms with Crippen molar-refractivity contribution in [1.29, 1.82) is 0 Å². The summed E-state index contributed by atoms with van der Waals surface area (Å²) >= 11 is 0. The Balaban J connectivity index is 3.14. The van der Waals surface area contributed by atoms with Crippen molar-refractivity contribution in [3.05, 3.63) is 30.3 Å². The van der Waals surface area contributed by atoms with E-state index in [-0.39, 0.29) is 17.8 Å². The third-order valence-corrected chi connectivity index (χ3v) is 7.37. The molecule has 0 saturated carbocycles. The van der Waals surface area contributed by atoms with Crippen LogP contribution in [0.2, 0.25) is 0 Å².